The van der Waals surface area contributed by atoms with Crippen LogP contribution in [-0.4, -0.2) is 63.3 Å². The molecular formula is C24H32N4O. The van der Waals surface area contributed by atoms with Crippen LogP contribution in [0.2, 0.25) is 0 Å². The number of aliphatic hydroxyl groups is 1. The highest BCUT2D eigenvalue weighted by molar-refractivity contribution is 5.75. The van der Waals surface area contributed by atoms with Gasteiger partial charge in [0.15, 0.2) is 0 Å². The quantitative estimate of drug-likeness (QED) is 0.640. The fourth-order valence-electron chi connectivity index (χ4n) is 4.53. The molecule has 0 amide bonds. The van der Waals surface area contributed by atoms with Crippen LogP contribution in [0, 0.1) is 0 Å². The lowest BCUT2D eigenvalue weighted by Gasteiger charge is -2.41. The van der Waals surface area contributed by atoms with Gasteiger partial charge in [-0.25, -0.2) is 4.98 Å². The maximum absolute atomic E-state index is 9.61. The van der Waals surface area contributed by atoms with Gasteiger partial charge in [0, 0.05) is 45.4 Å². The van der Waals surface area contributed by atoms with Crippen LogP contribution in [0.25, 0.3) is 11.0 Å². The van der Waals surface area contributed by atoms with E-state index in [-0.39, 0.29) is 6.61 Å². The SMILES string of the molecule is CCn1c(CN2CCN(CCc3ccccc3)[C@@H](CCO)C2)nc2ccccc21. The molecule has 1 aromatic heterocycles. The van der Waals surface area contributed by atoms with Gasteiger partial charge in [0.1, 0.15) is 5.82 Å². The number of hydrogen-bond acceptors (Lipinski definition) is 4. The number of aromatic nitrogens is 2. The molecule has 1 aliphatic heterocycles. The number of hydrogen-bond donors (Lipinski definition) is 1. The normalized spacial score (nSPS) is 18.5. The number of aryl methyl sites for hydroxylation is 1. The van der Waals surface area contributed by atoms with Gasteiger partial charge in [0.2, 0.25) is 0 Å². The van der Waals surface area contributed by atoms with Crippen molar-refractivity contribution >= 4 is 11.0 Å². The number of aliphatic hydroxyl groups excluding tert-OH is 1. The second-order valence-corrected chi connectivity index (χ2v) is 7.93. The van der Waals surface area contributed by atoms with E-state index in [4.69, 9.17) is 4.98 Å². The number of imidazole rings is 1. The Balaban J connectivity index is 1.42. The minimum Gasteiger partial charge on any atom is -0.396 e. The largest absolute Gasteiger partial charge is 0.396 e. The lowest BCUT2D eigenvalue weighted by atomic mass is 10.1. The summed E-state index contributed by atoms with van der Waals surface area (Å²) in [4.78, 5) is 9.97. The third-order valence-electron chi connectivity index (χ3n) is 6.10. The molecule has 1 aliphatic rings. The van der Waals surface area contributed by atoms with Crippen LogP contribution in [0.1, 0.15) is 24.7 Å². The van der Waals surface area contributed by atoms with Crippen LogP contribution in [-0.2, 0) is 19.5 Å². The lowest BCUT2D eigenvalue weighted by molar-refractivity contribution is 0.0545. The first kappa shape index (κ1) is 20.1. The van der Waals surface area contributed by atoms with Crippen molar-refractivity contribution in [3.05, 3.63) is 66.0 Å². The van der Waals surface area contributed by atoms with Gasteiger partial charge >= 0.3 is 0 Å². The smallest absolute Gasteiger partial charge is 0.124 e. The van der Waals surface area contributed by atoms with Crippen LogP contribution in [0.15, 0.2) is 54.6 Å². The van der Waals surface area contributed by atoms with Gasteiger partial charge in [-0.1, -0.05) is 42.5 Å². The number of rotatable bonds is 8. The highest BCUT2D eigenvalue weighted by atomic mass is 16.3. The van der Waals surface area contributed by atoms with E-state index < -0.39 is 0 Å². The van der Waals surface area contributed by atoms with Crippen molar-refractivity contribution in [3.8, 4) is 0 Å². The summed E-state index contributed by atoms with van der Waals surface area (Å²) in [6.45, 7) is 8.37. The van der Waals surface area contributed by atoms with E-state index >= 15 is 0 Å². The maximum Gasteiger partial charge on any atom is 0.124 e. The van der Waals surface area contributed by atoms with Crippen LogP contribution >= 0.6 is 0 Å². The molecule has 0 radical (unpaired) electrons. The highest BCUT2D eigenvalue weighted by Gasteiger charge is 2.27. The number of fused-ring (bicyclic) bond motifs is 1. The first-order valence-corrected chi connectivity index (χ1v) is 10.8. The summed E-state index contributed by atoms with van der Waals surface area (Å²) in [7, 11) is 0. The van der Waals surface area contributed by atoms with Crippen LogP contribution < -0.4 is 0 Å². The van der Waals surface area contributed by atoms with Gasteiger partial charge in [0.05, 0.1) is 17.6 Å². The fourth-order valence-corrected chi connectivity index (χ4v) is 4.53. The summed E-state index contributed by atoms with van der Waals surface area (Å²) in [5.74, 6) is 1.15. The van der Waals surface area contributed by atoms with Crippen molar-refractivity contribution in [2.24, 2.45) is 0 Å². The monoisotopic (exact) mass is 392 g/mol. The molecule has 5 nitrogen and oxygen atoms in total. The third kappa shape index (κ3) is 4.69. The number of benzene rings is 2. The number of piperazine rings is 1. The molecule has 3 aromatic rings. The molecule has 0 saturated carbocycles. The van der Waals surface area contributed by atoms with Crippen LogP contribution in [0.5, 0.6) is 0 Å². The van der Waals surface area contributed by atoms with Crippen molar-refractivity contribution in [2.75, 3.05) is 32.8 Å². The maximum atomic E-state index is 9.61. The molecule has 2 aromatic carbocycles. The summed E-state index contributed by atoms with van der Waals surface area (Å²) >= 11 is 0. The minimum atomic E-state index is 0.244. The molecule has 1 saturated heterocycles. The van der Waals surface area contributed by atoms with Crippen LogP contribution in [0.3, 0.4) is 0 Å². The molecule has 0 spiro atoms. The first-order valence-electron chi connectivity index (χ1n) is 10.8. The van der Waals surface area contributed by atoms with Gasteiger partial charge in [-0.3, -0.25) is 9.80 Å². The highest BCUT2D eigenvalue weighted by Crippen LogP contribution is 2.20. The molecule has 154 valence electrons. The minimum absolute atomic E-state index is 0.244. The Morgan fingerprint density at radius 2 is 1.83 bits per heavy atom. The zero-order chi connectivity index (χ0) is 20.1. The van der Waals surface area contributed by atoms with Gasteiger partial charge in [-0.15, -0.1) is 0 Å². The predicted octanol–water partition coefficient (Wildman–Crippen LogP) is 3.17. The Morgan fingerprint density at radius 3 is 2.62 bits per heavy atom. The Hall–Kier alpha value is -2.21. The van der Waals surface area contributed by atoms with E-state index in [9.17, 15) is 5.11 Å². The van der Waals surface area contributed by atoms with E-state index in [1.165, 1.54) is 11.1 Å². The number of para-hydroxylation sites is 2. The zero-order valence-corrected chi connectivity index (χ0v) is 17.4. The average Bonchev–Trinajstić information content (AvgIpc) is 3.11. The summed E-state index contributed by atoms with van der Waals surface area (Å²) in [6.07, 6.45) is 1.89. The van der Waals surface area contributed by atoms with Crippen molar-refractivity contribution < 1.29 is 5.11 Å². The zero-order valence-electron chi connectivity index (χ0n) is 17.4. The molecule has 5 heteroatoms. The molecule has 0 bridgehead atoms. The van der Waals surface area contributed by atoms with Crippen molar-refractivity contribution in [1.82, 2.24) is 19.4 Å². The second kappa shape index (κ2) is 9.53. The summed E-state index contributed by atoms with van der Waals surface area (Å²) in [6, 6.07) is 19.5. The summed E-state index contributed by atoms with van der Waals surface area (Å²) < 4.78 is 2.33. The van der Waals surface area contributed by atoms with Crippen molar-refractivity contribution in [2.45, 2.75) is 38.9 Å². The molecule has 1 N–H and O–H groups in total. The Morgan fingerprint density at radius 1 is 1.03 bits per heavy atom. The molecule has 29 heavy (non-hydrogen) atoms. The molecular weight excluding hydrogens is 360 g/mol. The van der Waals surface area contributed by atoms with Gasteiger partial charge in [-0.05, 0) is 37.5 Å². The lowest BCUT2D eigenvalue weighted by Crippen LogP contribution is -2.53. The van der Waals surface area contributed by atoms with E-state index in [2.05, 4.69) is 75.9 Å². The first-order chi connectivity index (χ1) is 14.3. The molecule has 2 heterocycles. The molecule has 0 aliphatic carbocycles. The molecule has 1 atom stereocenters. The van der Waals surface area contributed by atoms with Gasteiger partial charge in [-0.2, -0.15) is 0 Å². The van der Waals surface area contributed by atoms with Gasteiger partial charge in [0.25, 0.3) is 0 Å². The van der Waals surface area contributed by atoms with Crippen LogP contribution in [0.4, 0.5) is 0 Å². The average molecular weight is 393 g/mol. The third-order valence-corrected chi connectivity index (χ3v) is 6.10. The second-order valence-electron chi connectivity index (χ2n) is 7.93. The number of nitrogens with zero attached hydrogens (tertiary/aromatic N) is 4. The van der Waals surface area contributed by atoms with Crippen molar-refractivity contribution in [3.63, 3.8) is 0 Å². The van der Waals surface area contributed by atoms with Crippen molar-refractivity contribution in [1.29, 1.82) is 0 Å². The Kier molecular flexibility index (Phi) is 6.60. The molecule has 0 unspecified atom stereocenters. The summed E-state index contributed by atoms with van der Waals surface area (Å²) in [5, 5.41) is 9.61. The van der Waals surface area contributed by atoms with E-state index in [0.29, 0.717) is 6.04 Å². The summed E-state index contributed by atoms with van der Waals surface area (Å²) in [5.41, 5.74) is 3.69. The van der Waals surface area contributed by atoms with Gasteiger partial charge < -0.3 is 9.67 Å². The van der Waals surface area contributed by atoms with E-state index in [1.54, 1.807) is 0 Å². The topological polar surface area (TPSA) is 44.5 Å². The van der Waals surface area contributed by atoms with E-state index in [0.717, 1.165) is 63.5 Å². The molecule has 1 fully saturated rings. The standard InChI is InChI=1S/C24H32N4O/c1-2-28-23-11-7-6-10-22(23)25-24(28)19-26-15-16-27(21(18-26)13-17-29)14-12-20-8-4-3-5-9-20/h3-11,21,29H,2,12-19H2,1H3/t21-/m0/s1. The Bertz CT molecular complexity index is 908. The van der Waals surface area contributed by atoms with E-state index in [1.807, 2.05) is 0 Å². The Labute approximate surface area is 173 Å². The predicted molar refractivity (Wildman–Crippen MR) is 118 cm³/mol. The molecule has 4 rings (SSSR count). The fraction of sp³-hybridized carbons (Fsp3) is 0.458.